The summed E-state index contributed by atoms with van der Waals surface area (Å²) < 4.78 is 32.4. The molecule has 8 heteroatoms. The Morgan fingerprint density at radius 2 is 1.16 bits per heavy atom. The van der Waals surface area contributed by atoms with Crippen LogP contribution in [-0.2, 0) is 54.1 Å². The fourth-order valence-electron chi connectivity index (χ4n) is 1.67. The number of ether oxygens (including phenoxy) is 2. The van der Waals surface area contributed by atoms with Gasteiger partial charge in [0.15, 0.2) is 5.92 Å². The third-order valence-electron chi connectivity index (χ3n) is 2.47. The molecule has 0 atom stereocenters. The molecule has 0 radical (unpaired) electrons. The van der Waals surface area contributed by atoms with Crippen molar-refractivity contribution in [1.29, 1.82) is 0 Å². The van der Waals surface area contributed by atoms with Crippen LogP contribution in [0.3, 0.4) is 0 Å². The van der Waals surface area contributed by atoms with E-state index in [1.54, 1.807) is 38.2 Å². The summed E-state index contributed by atoms with van der Waals surface area (Å²) in [5, 5.41) is 0. The predicted octanol–water partition coefficient (Wildman–Crippen LogP) is 1.91. The molecule has 25 heavy (non-hydrogen) atoms. The molecule has 0 unspecified atom stereocenters. The van der Waals surface area contributed by atoms with Crippen molar-refractivity contribution in [2.75, 3.05) is 13.2 Å². The SMILES string of the molecule is CCOC(=O)C(C(=O)OCC)C1C=CC=CC=C1.[C-]#[O+].[C-]#[O+].[C-]#[O+].[Mo]. The molecule has 0 spiro atoms. The van der Waals surface area contributed by atoms with E-state index in [4.69, 9.17) is 23.4 Å². The third kappa shape index (κ3) is 14.1. The summed E-state index contributed by atoms with van der Waals surface area (Å²) in [5.41, 5.74) is 0. The molecule has 7 nitrogen and oxygen atoms in total. The van der Waals surface area contributed by atoms with Crippen LogP contribution in [0, 0.1) is 31.8 Å². The molecule has 134 valence electrons. The van der Waals surface area contributed by atoms with Crippen LogP contribution in [0.1, 0.15) is 13.8 Å². The molecular weight excluding hydrogens is 412 g/mol. The molecule has 0 saturated heterocycles. The molecule has 0 bridgehead atoms. The van der Waals surface area contributed by atoms with Crippen LogP contribution in [0.15, 0.2) is 36.5 Å². The van der Waals surface area contributed by atoms with Gasteiger partial charge in [-0.3, -0.25) is 9.59 Å². The smallest absolute Gasteiger partial charge is 0 e. The maximum absolute atomic E-state index is 11.9. The van der Waals surface area contributed by atoms with Crippen LogP contribution in [0.25, 0.3) is 0 Å². The molecule has 1 aliphatic rings. The Bertz CT molecular complexity index is 453. The van der Waals surface area contributed by atoms with Crippen molar-refractivity contribution in [3.05, 3.63) is 56.4 Å². The standard InChI is InChI=1S/C14H18O4.3CO.Mo/c1-3-17-13(15)12(14(16)18-4-2)11-9-7-5-6-8-10-11;3*1-2;/h5-12H,3-4H2,1-2H3;;;;. The van der Waals surface area contributed by atoms with E-state index in [0.717, 1.165) is 0 Å². The van der Waals surface area contributed by atoms with Crippen molar-refractivity contribution >= 4 is 11.9 Å². The molecule has 1 aliphatic carbocycles. The molecule has 0 amide bonds. The third-order valence-corrected chi connectivity index (χ3v) is 2.47. The van der Waals surface area contributed by atoms with Gasteiger partial charge in [0, 0.05) is 27.0 Å². The zero-order valence-corrected chi connectivity index (χ0v) is 15.8. The fourth-order valence-corrected chi connectivity index (χ4v) is 1.67. The molecule has 0 saturated carbocycles. The van der Waals surface area contributed by atoms with Gasteiger partial charge in [0.25, 0.3) is 0 Å². The minimum absolute atomic E-state index is 0. The number of hydrogen-bond donors (Lipinski definition) is 0. The fraction of sp³-hybridized carbons (Fsp3) is 0.353. The molecule has 0 aliphatic heterocycles. The summed E-state index contributed by atoms with van der Waals surface area (Å²) in [6, 6.07) is 0. The van der Waals surface area contributed by atoms with E-state index < -0.39 is 17.9 Å². The van der Waals surface area contributed by atoms with Gasteiger partial charge in [-0.2, -0.15) is 0 Å². The van der Waals surface area contributed by atoms with Crippen LogP contribution in [0.2, 0.25) is 0 Å². The summed E-state index contributed by atoms with van der Waals surface area (Å²) in [7, 11) is 0. The van der Waals surface area contributed by atoms with Crippen molar-refractivity contribution in [2.24, 2.45) is 11.8 Å². The molecule has 0 fully saturated rings. The maximum Gasteiger partial charge on any atom is 0 e. The van der Waals surface area contributed by atoms with Crippen LogP contribution in [0.4, 0.5) is 0 Å². The monoisotopic (exact) mass is 432 g/mol. The van der Waals surface area contributed by atoms with Gasteiger partial charge in [0.1, 0.15) is 0 Å². The molecule has 0 N–H and O–H groups in total. The first kappa shape index (κ1) is 30.9. The Labute approximate surface area is 161 Å². The number of allylic oxidation sites excluding steroid dienone is 6. The Morgan fingerprint density at radius 1 is 0.840 bits per heavy atom. The van der Waals surface area contributed by atoms with Gasteiger partial charge in [-0.15, -0.1) is 0 Å². The molecule has 0 aromatic rings. The van der Waals surface area contributed by atoms with E-state index >= 15 is 0 Å². The summed E-state index contributed by atoms with van der Waals surface area (Å²) in [4.78, 5) is 23.7. The van der Waals surface area contributed by atoms with Crippen LogP contribution in [-0.4, -0.2) is 25.2 Å². The number of hydrogen-bond acceptors (Lipinski definition) is 4. The molecule has 1 rings (SSSR count). The number of esters is 2. The maximum atomic E-state index is 11.9. The summed E-state index contributed by atoms with van der Waals surface area (Å²) in [6.45, 7) is 17.4. The first-order valence-corrected chi connectivity index (χ1v) is 6.66. The molecule has 0 heterocycles. The van der Waals surface area contributed by atoms with Crippen molar-refractivity contribution < 1.29 is 54.1 Å². The predicted molar refractivity (Wildman–Crippen MR) is 79.5 cm³/mol. The first-order valence-electron chi connectivity index (χ1n) is 6.66. The van der Waals surface area contributed by atoms with Crippen LogP contribution in [0.5, 0.6) is 0 Å². The quantitative estimate of drug-likeness (QED) is 0.218. The second-order valence-corrected chi connectivity index (χ2v) is 3.71. The van der Waals surface area contributed by atoms with Crippen molar-refractivity contribution in [3.63, 3.8) is 0 Å². The van der Waals surface area contributed by atoms with Gasteiger partial charge >= 0.3 is 45.8 Å². The minimum Gasteiger partial charge on any atom is 0 e. The van der Waals surface area contributed by atoms with Gasteiger partial charge in [0.05, 0.1) is 13.2 Å². The Kier molecular flexibility index (Phi) is 30.1. The summed E-state index contributed by atoms with van der Waals surface area (Å²) >= 11 is 0. The van der Waals surface area contributed by atoms with Crippen LogP contribution < -0.4 is 0 Å². The Morgan fingerprint density at radius 3 is 1.44 bits per heavy atom. The average Bonchev–Trinajstić information content (AvgIpc) is 2.90. The van der Waals surface area contributed by atoms with E-state index in [0.29, 0.717) is 0 Å². The second kappa shape index (κ2) is 24.3. The first-order chi connectivity index (χ1) is 11.7. The minimum atomic E-state index is -0.933. The van der Waals surface area contributed by atoms with Gasteiger partial charge in [-0.05, 0) is 13.8 Å². The average molecular weight is 430 g/mol. The topological polar surface area (TPSA) is 112 Å². The molecule has 0 aromatic carbocycles. The van der Waals surface area contributed by atoms with Gasteiger partial charge in [-0.25, -0.2) is 0 Å². The Balaban J connectivity index is -0.000000284. The van der Waals surface area contributed by atoms with Gasteiger partial charge in [0.2, 0.25) is 0 Å². The van der Waals surface area contributed by atoms with E-state index in [1.165, 1.54) is 0 Å². The molecule has 0 aromatic heterocycles. The Hall–Kier alpha value is -1.93. The van der Waals surface area contributed by atoms with Crippen molar-refractivity contribution in [3.8, 4) is 0 Å². The number of carbonyl (C=O) groups excluding carboxylic acids is 2. The zero-order chi connectivity index (χ0) is 19.4. The van der Waals surface area contributed by atoms with E-state index in [-0.39, 0.29) is 40.2 Å². The van der Waals surface area contributed by atoms with E-state index in [2.05, 4.69) is 20.0 Å². The van der Waals surface area contributed by atoms with Gasteiger partial charge < -0.3 is 9.47 Å². The van der Waals surface area contributed by atoms with E-state index in [9.17, 15) is 9.59 Å². The van der Waals surface area contributed by atoms with Crippen LogP contribution >= 0.6 is 0 Å². The van der Waals surface area contributed by atoms with Gasteiger partial charge in [-0.1, -0.05) is 36.5 Å². The number of rotatable bonds is 5. The normalized spacial score (nSPS) is 10.8. The summed E-state index contributed by atoms with van der Waals surface area (Å²) in [6.07, 6.45) is 10.9. The summed E-state index contributed by atoms with van der Waals surface area (Å²) in [5.74, 6) is -2.36. The van der Waals surface area contributed by atoms with Crippen molar-refractivity contribution in [2.45, 2.75) is 13.8 Å². The zero-order valence-electron chi connectivity index (χ0n) is 13.8. The van der Waals surface area contributed by atoms with Crippen molar-refractivity contribution in [1.82, 2.24) is 0 Å². The number of carbonyl (C=O) groups is 2. The largest absolute Gasteiger partial charge is 0 e. The van der Waals surface area contributed by atoms with E-state index in [1.807, 2.05) is 12.2 Å². The second-order valence-electron chi connectivity index (χ2n) is 3.71. The molecular formula is C17H18MoO7.